The van der Waals surface area contributed by atoms with Gasteiger partial charge < -0.3 is 30.9 Å². The van der Waals surface area contributed by atoms with E-state index >= 15 is 0 Å². The predicted molar refractivity (Wildman–Crippen MR) is 142 cm³/mol. The van der Waals surface area contributed by atoms with Gasteiger partial charge in [-0.05, 0) is 42.0 Å². The number of amides is 3. The van der Waals surface area contributed by atoms with Gasteiger partial charge in [-0.1, -0.05) is 6.92 Å². The number of aromatic nitrogens is 4. The van der Waals surface area contributed by atoms with Crippen LogP contribution in [0.15, 0.2) is 16.9 Å². The van der Waals surface area contributed by atoms with Crippen molar-refractivity contribution in [1.82, 2.24) is 46.0 Å². The molecule has 5 aliphatic heterocycles. The molecule has 1 unspecified atom stereocenters. The number of carbonyl (C=O) groups is 4. The zero-order chi connectivity index (χ0) is 28.2. The highest BCUT2D eigenvalue weighted by Gasteiger charge is 2.60. The number of piperidine rings is 1. The molecule has 1 spiro atoms. The molecule has 6 heterocycles. The van der Waals surface area contributed by atoms with Crippen LogP contribution in [0.4, 0.5) is 0 Å². The molecule has 0 saturated carbocycles. The third kappa shape index (κ3) is 4.67. The van der Waals surface area contributed by atoms with Crippen LogP contribution in [0.25, 0.3) is 0 Å². The van der Waals surface area contributed by atoms with E-state index in [1.54, 1.807) is 6.92 Å². The first-order chi connectivity index (χ1) is 19.2. The molecule has 0 radical (unpaired) electrons. The largest absolute Gasteiger partial charge is 0.477 e. The molecule has 4 saturated heterocycles. The smallest absolute Gasteiger partial charge is 0.353 e. The van der Waals surface area contributed by atoms with Crippen LogP contribution in [-0.4, -0.2) is 115 Å². The minimum absolute atomic E-state index is 0.0217. The highest BCUT2D eigenvalue weighted by atomic mass is 32.2. The van der Waals surface area contributed by atoms with E-state index in [2.05, 4.69) is 31.5 Å². The summed E-state index contributed by atoms with van der Waals surface area (Å²) >= 11 is 1.47. The molecular formula is C25H35N9O5S. The Morgan fingerprint density at radius 2 is 2.02 bits per heavy atom. The zero-order valence-corrected chi connectivity index (χ0v) is 23.4. The summed E-state index contributed by atoms with van der Waals surface area (Å²) < 4.78 is 1.29. The average Bonchev–Trinajstić information content (AvgIpc) is 3.63. The minimum atomic E-state index is -1.13. The second-order valence-corrected chi connectivity index (χ2v) is 13.1. The van der Waals surface area contributed by atoms with Gasteiger partial charge in [0.15, 0.2) is 0 Å². The van der Waals surface area contributed by atoms with Crippen molar-refractivity contribution in [3.8, 4) is 0 Å². The van der Waals surface area contributed by atoms with Crippen molar-refractivity contribution < 1.29 is 24.3 Å². The van der Waals surface area contributed by atoms with Crippen molar-refractivity contribution in [3.05, 3.63) is 16.9 Å². The monoisotopic (exact) mass is 573 g/mol. The summed E-state index contributed by atoms with van der Waals surface area (Å²) in [6, 6.07) is -1.12. The van der Waals surface area contributed by atoms with Gasteiger partial charge in [-0.25, -0.2) is 9.48 Å². The van der Waals surface area contributed by atoms with Gasteiger partial charge in [0, 0.05) is 54.8 Å². The van der Waals surface area contributed by atoms with Gasteiger partial charge >= 0.3 is 5.97 Å². The molecule has 6 atom stereocenters. The maximum Gasteiger partial charge on any atom is 0.353 e. The van der Waals surface area contributed by atoms with E-state index in [1.807, 2.05) is 11.8 Å². The summed E-state index contributed by atoms with van der Waals surface area (Å²) in [6.45, 7) is 7.87. The maximum atomic E-state index is 13.2. The number of nitrogens with zero attached hydrogens (tertiary/aromatic N) is 6. The summed E-state index contributed by atoms with van der Waals surface area (Å²) in [5.41, 5.74) is 0.400. The fraction of sp³-hybridized carbons (Fsp3) is 0.720. The van der Waals surface area contributed by atoms with Crippen LogP contribution >= 0.6 is 11.8 Å². The second kappa shape index (κ2) is 10.4. The number of aliphatic carboxylic acids is 1. The van der Waals surface area contributed by atoms with Gasteiger partial charge in [0.2, 0.25) is 17.7 Å². The molecule has 5 aliphatic rings. The lowest BCUT2D eigenvalue weighted by Crippen LogP contribution is -2.66. The summed E-state index contributed by atoms with van der Waals surface area (Å²) in [5.74, 6) is -2.39. The standard InChI is InChI=1S/C25H35N9O5S/c1-13-19-18(14(2)29-17(35)9-33-12-28-30-31-33)23(37)34(19)20(24(38)39)21(13)40-15-7-16(27-8-15)22(36)32-5-3-25(4-6-32)10-26-11-25/h12-16,18-19,26-27H,3-11H2,1-2H3,(H,29,35)(H,38,39)/t13-,14-,15+,16?,18-,19-/m1/s1. The highest BCUT2D eigenvalue weighted by molar-refractivity contribution is 8.03. The van der Waals surface area contributed by atoms with Crippen molar-refractivity contribution >= 4 is 35.5 Å². The Morgan fingerprint density at radius 1 is 1.27 bits per heavy atom. The molecule has 4 N–H and O–H groups in total. The van der Waals surface area contributed by atoms with Crippen molar-refractivity contribution in [2.24, 2.45) is 17.3 Å². The third-order valence-corrected chi connectivity index (χ3v) is 10.7. The van der Waals surface area contributed by atoms with Crippen molar-refractivity contribution in [2.45, 2.75) is 63.0 Å². The van der Waals surface area contributed by atoms with Crippen LogP contribution in [0.3, 0.4) is 0 Å². The number of carbonyl (C=O) groups excluding carboxylic acids is 3. The van der Waals surface area contributed by atoms with Crippen LogP contribution in [-0.2, 0) is 25.7 Å². The number of hydrogen-bond donors (Lipinski definition) is 4. The lowest BCUT2D eigenvalue weighted by atomic mass is 9.73. The number of tetrazole rings is 1. The Labute approximate surface area is 235 Å². The molecule has 14 nitrogen and oxygen atoms in total. The lowest BCUT2D eigenvalue weighted by Gasteiger charge is -2.48. The molecule has 15 heteroatoms. The quantitative estimate of drug-likeness (QED) is 0.270. The van der Waals surface area contributed by atoms with Gasteiger partial charge in [0.1, 0.15) is 18.6 Å². The SMILES string of the molecule is C[C@@H](NC(=O)Cn1cnnn1)[C@H]1C(=O)N2C(C(=O)O)=C(S[C@@H]3CNC(C(=O)N4CCC5(CC4)CNC5)C3)[C@H](C)[C@H]12. The predicted octanol–water partition coefficient (Wildman–Crippen LogP) is -1.37. The van der Waals surface area contributed by atoms with Gasteiger partial charge in [0.25, 0.3) is 0 Å². The fourth-order valence-corrected chi connectivity index (χ4v) is 8.38. The first kappa shape index (κ1) is 27.1. The number of rotatable bonds is 8. The highest BCUT2D eigenvalue weighted by Crippen LogP contribution is 2.52. The normalized spacial score (nSPS) is 31.6. The van der Waals surface area contributed by atoms with Crippen LogP contribution in [0.1, 0.15) is 33.1 Å². The molecule has 1 aromatic heterocycles. The van der Waals surface area contributed by atoms with Gasteiger partial charge in [-0.15, -0.1) is 16.9 Å². The molecule has 0 aliphatic carbocycles. The molecule has 216 valence electrons. The molecule has 6 rings (SSSR count). The molecule has 0 bridgehead atoms. The number of nitrogens with one attached hydrogen (secondary N) is 3. The lowest BCUT2D eigenvalue weighted by molar-refractivity contribution is -0.158. The van der Waals surface area contributed by atoms with Gasteiger partial charge in [0.05, 0.1) is 18.0 Å². The average molecular weight is 574 g/mol. The first-order valence-electron chi connectivity index (χ1n) is 13.9. The fourth-order valence-electron chi connectivity index (χ4n) is 6.90. The topological polar surface area (TPSA) is 175 Å². The Morgan fingerprint density at radius 3 is 2.65 bits per heavy atom. The molecule has 1 aromatic rings. The Hall–Kier alpha value is -3.04. The summed E-state index contributed by atoms with van der Waals surface area (Å²) in [7, 11) is 0. The number of hydrogen-bond acceptors (Lipinski definition) is 10. The number of carboxylic acids is 1. The Balaban J connectivity index is 1.07. The number of fused-ring (bicyclic) bond motifs is 1. The molecule has 4 fully saturated rings. The summed E-state index contributed by atoms with van der Waals surface area (Å²) in [4.78, 5) is 55.2. The molecule has 0 aromatic carbocycles. The zero-order valence-electron chi connectivity index (χ0n) is 22.6. The number of β-lactam (4-membered cyclic amide) rings is 1. The second-order valence-electron chi connectivity index (χ2n) is 11.8. The van der Waals surface area contributed by atoms with Crippen LogP contribution in [0.5, 0.6) is 0 Å². The van der Waals surface area contributed by atoms with Gasteiger partial charge in [-0.2, -0.15) is 0 Å². The summed E-state index contributed by atoms with van der Waals surface area (Å²) in [5, 5.41) is 30.3. The summed E-state index contributed by atoms with van der Waals surface area (Å²) in [6.07, 6.45) is 4.01. The molecule has 3 amide bonds. The Bertz CT molecular complexity index is 1230. The van der Waals surface area contributed by atoms with E-state index in [9.17, 15) is 24.3 Å². The number of likely N-dealkylation sites (tertiary alicyclic amines) is 1. The molecule has 40 heavy (non-hydrogen) atoms. The number of thioether (sulfide) groups is 1. The van der Waals surface area contributed by atoms with E-state index < -0.39 is 17.9 Å². The van der Waals surface area contributed by atoms with Crippen molar-refractivity contribution in [2.75, 3.05) is 32.7 Å². The Kier molecular flexibility index (Phi) is 7.07. The van der Waals surface area contributed by atoms with Crippen LogP contribution < -0.4 is 16.0 Å². The number of carboxylic acid groups (broad SMARTS) is 1. The first-order valence-corrected chi connectivity index (χ1v) is 14.8. The molecular weight excluding hydrogens is 538 g/mol. The minimum Gasteiger partial charge on any atom is -0.477 e. The van der Waals surface area contributed by atoms with E-state index in [-0.39, 0.29) is 53.2 Å². The van der Waals surface area contributed by atoms with Gasteiger partial charge in [-0.3, -0.25) is 14.4 Å². The third-order valence-electron chi connectivity index (χ3n) is 9.23. The van der Waals surface area contributed by atoms with Crippen molar-refractivity contribution in [1.29, 1.82) is 0 Å². The van der Waals surface area contributed by atoms with E-state index in [0.717, 1.165) is 39.0 Å². The maximum absolute atomic E-state index is 13.2. The van der Waals surface area contributed by atoms with Crippen LogP contribution in [0, 0.1) is 17.3 Å². The van der Waals surface area contributed by atoms with E-state index in [0.29, 0.717) is 23.3 Å². The van der Waals surface area contributed by atoms with E-state index in [4.69, 9.17) is 0 Å². The van der Waals surface area contributed by atoms with E-state index in [1.165, 1.54) is 27.7 Å². The van der Waals surface area contributed by atoms with Crippen LogP contribution in [0.2, 0.25) is 0 Å². The van der Waals surface area contributed by atoms with Crippen molar-refractivity contribution in [3.63, 3.8) is 0 Å².